The van der Waals surface area contributed by atoms with Crippen LogP contribution in [0.25, 0.3) is 0 Å². The van der Waals surface area contributed by atoms with Crippen LogP contribution in [0.4, 0.5) is 4.39 Å². The van der Waals surface area contributed by atoms with Crippen molar-refractivity contribution in [2.24, 2.45) is 0 Å². The summed E-state index contributed by atoms with van der Waals surface area (Å²) >= 11 is 3.36. The van der Waals surface area contributed by atoms with Gasteiger partial charge in [0.15, 0.2) is 0 Å². The first-order valence-corrected chi connectivity index (χ1v) is 8.11. The van der Waals surface area contributed by atoms with Gasteiger partial charge in [-0.25, -0.2) is 9.37 Å². The molecule has 1 aromatic heterocycles. The number of aromatic nitrogens is 1. The number of halogens is 1. The third kappa shape index (κ3) is 4.30. The molecule has 1 heterocycles. The van der Waals surface area contributed by atoms with E-state index in [1.54, 1.807) is 35.2 Å². The van der Waals surface area contributed by atoms with Crippen molar-refractivity contribution in [2.45, 2.75) is 30.5 Å². The average Bonchev–Trinajstić information content (AvgIpc) is 2.87. The van der Waals surface area contributed by atoms with Crippen LogP contribution < -0.4 is 5.32 Å². The lowest BCUT2D eigenvalue weighted by molar-refractivity contribution is 0.585. The standard InChI is InChI=1S/C14H17FN2S2/c1-3-16-10(2)13-8-19-14(17-13)9-18-12-6-4-11(15)5-7-12/h4-8,10,16H,3,9H2,1-2H3. The normalized spacial score (nSPS) is 12.6. The van der Waals surface area contributed by atoms with Crippen LogP contribution in [0, 0.1) is 5.82 Å². The molecule has 1 aromatic carbocycles. The molecule has 0 aliphatic rings. The van der Waals surface area contributed by atoms with Gasteiger partial charge >= 0.3 is 0 Å². The fourth-order valence-electron chi connectivity index (χ4n) is 1.68. The summed E-state index contributed by atoms with van der Waals surface area (Å²) in [7, 11) is 0. The first kappa shape index (κ1) is 14.5. The molecule has 0 saturated heterocycles. The molecular formula is C14H17FN2S2. The molecule has 0 spiro atoms. The summed E-state index contributed by atoms with van der Waals surface area (Å²) in [6, 6.07) is 6.88. The van der Waals surface area contributed by atoms with E-state index in [-0.39, 0.29) is 5.82 Å². The van der Waals surface area contributed by atoms with E-state index in [4.69, 9.17) is 0 Å². The van der Waals surface area contributed by atoms with Crippen LogP contribution in [0.3, 0.4) is 0 Å². The van der Waals surface area contributed by atoms with E-state index in [2.05, 4.69) is 29.5 Å². The Morgan fingerprint density at radius 3 is 2.79 bits per heavy atom. The summed E-state index contributed by atoms with van der Waals surface area (Å²) < 4.78 is 12.8. The van der Waals surface area contributed by atoms with Gasteiger partial charge in [0.1, 0.15) is 10.8 Å². The van der Waals surface area contributed by atoms with Gasteiger partial charge < -0.3 is 5.32 Å². The van der Waals surface area contributed by atoms with Gasteiger partial charge in [-0.2, -0.15) is 0 Å². The van der Waals surface area contributed by atoms with E-state index in [1.807, 2.05) is 0 Å². The Bertz CT molecular complexity index is 510. The van der Waals surface area contributed by atoms with Crippen LogP contribution in [0.5, 0.6) is 0 Å². The lowest BCUT2D eigenvalue weighted by Gasteiger charge is -2.08. The van der Waals surface area contributed by atoms with Gasteiger partial charge in [-0.1, -0.05) is 6.92 Å². The smallest absolute Gasteiger partial charge is 0.123 e. The Kier molecular flexibility index (Phi) is 5.36. The van der Waals surface area contributed by atoms with Crippen LogP contribution in [-0.2, 0) is 5.75 Å². The molecule has 0 aliphatic carbocycles. The van der Waals surface area contributed by atoms with Crippen molar-refractivity contribution in [1.82, 2.24) is 10.3 Å². The first-order chi connectivity index (χ1) is 9.19. The minimum absolute atomic E-state index is 0.194. The number of rotatable bonds is 6. The Morgan fingerprint density at radius 1 is 1.37 bits per heavy atom. The fraction of sp³-hybridized carbons (Fsp3) is 0.357. The van der Waals surface area contributed by atoms with Gasteiger partial charge in [0.05, 0.1) is 11.4 Å². The molecule has 0 fully saturated rings. The summed E-state index contributed by atoms with van der Waals surface area (Å²) in [6.45, 7) is 5.15. The van der Waals surface area contributed by atoms with E-state index in [9.17, 15) is 4.39 Å². The number of hydrogen-bond acceptors (Lipinski definition) is 4. The van der Waals surface area contributed by atoms with E-state index in [0.717, 1.165) is 27.9 Å². The molecule has 5 heteroatoms. The highest BCUT2D eigenvalue weighted by atomic mass is 32.2. The monoisotopic (exact) mass is 296 g/mol. The van der Waals surface area contributed by atoms with Crippen molar-refractivity contribution >= 4 is 23.1 Å². The molecule has 0 aliphatic heterocycles. The van der Waals surface area contributed by atoms with Crippen molar-refractivity contribution < 1.29 is 4.39 Å². The highest BCUT2D eigenvalue weighted by molar-refractivity contribution is 7.98. The average molecular weight is 296 g/mol. The third-order valence-electron chi connectivity index (χ3n) is 2.70. The van der Waals surface area contributed by atoms with Crippen LogP contribution in [-0.4, -0.2) is 11.5 Å². The Hall–Kier alpha value is -0.910. The molecule has 0 saturated carbocycles. The van der Waals surface area contributed by atoms with Crippen LogP contribution in [0.2, 0.25) is 0 Å². The second-order valence-corrected chi connectivity index (χ2v) is 6.18. The lowest BCUT2D eigenvalue weighted by atomic mass is 10.2. The number of thioether (sulfide) groups is 1. The predicted octanol–water partition coefficient (Wildman–Crippen LogP) is 4.25. The van der Waals surface area contributed by atoms with Crippen molar-refractivity contribution in [2.75, 3.05) is 6.54 Å². The summed E-state index contributed by atoms with van der Waals surface area (Å²) in [5.74, 6) is 0.634. The van der Waals surface area contributed by atoms with Gasteiger partial charge in [-0.3, -0.25) is 0 Å². The maximum absolute atomic E-state index is 12.8. The number of benzene rings is 1. The minimum atomic E-state index is -0.194. The zero-order chi connectivity index (χ0) is 13.7. The number of nitrogens with zero attached hydrogens (tertiary/aromatic N) is 1. The highest BCUT2D eigenvalue weighted by Crippen LogP contribution is 2.25. The molecule has 2 aromatic rings. The maximum Gasteiger partial charge on any atom is 0.123 e. The van der Waals surface area contributed by atoms with Crippen LogP contribution in [0.15, 0.2) is 34.5 Å². The quantitative estimate of drug-likeness (QED) is 0.807. The largest absolute Gasteiger partial charge is 0.309 e. The highest BCUT2D eigenvalue weighted by Gasteiger charge is 2.09. The molecule has 1 N–H and O–H groups in total. The molecule has 1 unspecified atom stereocenters. The van der Waals surface area contributed by atoms with Crippen LogP contribution in [0.1, 0.15) is 30.6 Å². The molecule has 0 bridgehead atoms. The molecule has 2 nitrogen and oxygen atoms in total. The summed E-state index contributed by atoms with van der Waals surface area (Å²) in [6.07, 6.45) is 0. The maximum atomic E-state index is 12.8. The topological polar surface area (TPSA) is 24.9 Å². The van der Waals surface area contributed by atoms with Gasteiger partial charge in [0, 0.05) is 16.3 Å². The van der Waals surface area contributed by atoms with Crippen molar-refractivity contribution in [3.05, 3.63) is 46.2 Å². The summed E-state index contributed by atoms with van der Waals surface area (Å²) in [5, 5.41) is 6.56. The molecule has 0 radical (unpaired) electrons. The lowest BCUT2D eigenvalue weighted by Crippen LogP contribution is -2.17. The molecular weight excluding hydrogens is 279 g/mol. The van der Waals surface area contributed by atoms with Crippen LogP contribution >= 0.6 is 23.1 Å². The second-order valence-electron chi connectivity index (χ2n) is 4.19. The molecule has 2 rings (SSSR count). The summed E-state index contributed by atoms with van der Waals surface area (Å²) in [4.78, 5) is 5.69. The van der Waals surface area contributed by atoms with Gasteiger partial charge in [0.25, 0.3) is 0 Å². The Balaban J connectivity index is 1.91. The SMILES string of the molecule is CCNC(C)c1csc(CSc2ccc(F)cc2)n1. The molecule has 1 atom stereocenters. The first-order valence-electron chi connectivity index (χ1n) is 6.25. The number of nitrogens with one attached hydrogen (secondary N) is 1. The Morgan fingerprint density at radius 2 is 2.11 bits per heavy atom. The number of hydrogen-bond donors (Lipinski definition) is 1. The van der Waals surface area contributed by atoms with Crippen molar-refractivity contribution in [3.63, 3.8) is 0 Å². The molecule has 19 heavy (non-hydrogen) atoms. The van der Waals surface area contributed by atoms with Crippen molar-refractivity contribution in [1.29, 1.82) is 0 Å². The minimum Gasteiger partial charge on any atom is -0.309 e. The zero-order valence-corrected chi connectivity index (χ0v) is 12.7. The van der Waals surface area contributed by atoms with Gasteiger partial charge in [-0.15, -0.1) is 23.1 Å². The number of thiazole rings is 1. The second kappa shape index (κ2) is 7.03. The molecule has 0 amide bonds. The van der Waals surface area contributed by atoms with Crippen molar-refractivity contribution in [3.8, 4) is 0 Å². The van der Waals surface area contributed by atoms with Gasteiger partial charge in [0.2, 0.25) is 0 Å². The predicted molar refractivity (Wildman–Crippen MR) is 80.2 cm³/mol. The van der Waals surface area contributed by atoms with Gasteiger partial charge in [-0.05, 0) is 37.7 Å². The molecule has 102 valence electrons. The zero-order valence-electron chi connectivity index (χ0n) is 11.0. The van der Waals surface area contributed by atoms with E-state index >= 15 is 0 Å². The van der Waals surface area contributed by atoms with E-state index in [1.165, 1.54) is 12.1 Å². The van der Waals surface area contributed by atoms with E-state index in [0.29, 0.717) is 6.04 Å². The summed E-state index contributed by atoms with van der Waals surface area (Å²) in [5.41, 5.74) is 1.10. The Labute approximate surface area is 121 Å². The fourth-order valence-corrected chi connectivity index (χ4v) is 3.48. The third-order valence-corrected chi connectivity index (χ3v) is 4.77. The van der Waals surface area contributed by atoms with E-state index < -0.39 is 0 Å².